The highest BCUT2D eigenvalue weighted by Crippen LogP contribution is 2.20. The molecule has 0 radical (unpaired) electrons. The molecule has 0 saturated carbocycles. The number of hydrogen-bond donors (Lipinski definition) is 0. The average Bonchev–Trinajstić information content (AvgIpc) is 2.43. The molecule has 0 unspecified atom stereocenters. The van der Waals surface area contributed by atoms with Crippen LogP contribution < -0.4 is 0 Å². The molecule has 0 aromatic carbocycles. The van der Waals surface area contributed by atoms with Crippen LogP contribution in [-0.4, -0.2) is 5.78 Å². The second-order valence-corrected chi connectivity index (χ2v) is 3.77. The zero-order valence-electron chi connectivity index (χ0n) is 12.8. The smallest absolute Gasteiger partial charge is 0.163 e. The Morgan fingerprint density at radius 2 is 1.70 bits per heavy atom. The average molecular weight is 276 g/mol. The summed E-state index contributed by atoms with van der Waals surface area (Å²) in [6.07, 6.45) is 6.95. The Kier molecular flexibility index (Phi) is 12.3. The largest absolute Gasteiger partial charge is 0.294 e. The molecule has 0 atom stereocenters. The molecule has 2 heteroatoms. The molecule has 0 amide bonds. The van der Waals surface area contributed by atoms with Crippen LogP contribution in [0, 0.1) is 0 Å². The standard InChI is InChI=1S/C16H19FO.C2H6/c1-6-8-15(16(18)9-7-2)14(5)12(3)10-11-13(4)17;1-2/h6,8,10-11H,1,3-5,7,9H2,2H3;1-2H3/b11-10-,15-8+;. The van der Waals surface area contributed by atoms with Gasteiger partial charge in [0.05, 0.1) is 0 Å². The first kappa shape index (κ1) is 20.4. The molecule has 20 heavy (non-hydrogen) atoms. The van der Waals surface area contributed by atoms with E-state index in [4.69, 9.17) is 0 Å². The van der Waals surface area contributed by atoms with E-state index in [0.717, 1.165) is 6.42 Å². The third-order valence-corrected chi connectivity index (χ3v) is 2.24. The van der Waals surface area contributed by atoms with E-state index in [1.165, 1.54) is 18.2 Å². The summed E-state index contributed by atoms with van der Waals surface area (Å²) in [5.74, 6) is -0.589. The first-order chi connectivity index (χ1) is 9.43. The summed E-state index contributed by atoms with van der Waals surface area (Å²) in [5.41, 5.74) is 1.42. The summed E-state index contributed by atoms with van der Waals surface area (Å²) in [4.78, 5) is 11.9. The van der Waals surface area contributed by atoms with Crippen LogP contribution in [-0.2, 0) is 4.79 Å². The monoisotopic (exact) mass is 276 g/mol. The first-order valence-electron chi connectivity index (χ1n) is 6.71. The Hall–Kier alpha value is -1.96. The molecule has 110 valence electrons. The Labute approximate surface area is 122 Å². The zero-order chi connectivity index (χ0) is 16.1. The van der Waals surface area contributed by atoms with Crippen molar-refractivity contribution in [2.75, 3.05) is 0 Å². The number of rotatable bonds is 8. The predicted molar refractivity (Wildman–Crippen MR) is 87.2 cm³/mol. The summed E-state index contributed by atoms with van der Waals surface area (Å²) in [6, 6.07) is 0. The van der Waals surface area contributed by atoms with E-state index < -0.39 is 5.83 Å². The minimum absolute atomic E-state index is 0.0176. The van der Waals surface area contributed by atoms with Gasteiger partial charge < -0.3 is 0 Å². The van der Waals surface area contributed by atoms with Gasteiger partial charge in [-0.15, -0.1) is 0 Å². The number of halogens is 1. The highest BCUT2D eigenvalue weighted by Gasteiger charge is 2.12. The number of hydrogen-bond acceptors (Lipinski definition) is 1. The van der Waals surface area contributed by atoms with Crippen molar-refractivity contribution < 1.29 is 9.18 Å². The Morgan fingerprint density at radius 1 is 1.15 bits per heavy atom. The summed E-state index contributed by atoms with van der Waals surface area (Å²) >= 11 is 0. The van der Waals surface area contributed by atoms with E-state index in [1.807, 2.05) is 20.8 Å². The SMILES string of the molecule is C=C/C=C(\C(=C)C(=C)/C=C\C(=C)F)C(=O)CCC.CC. The van der Waals surface area contributed by atoms with Crippen molar-refractivity contribution in [3.63, 3.8) is 0 Å². The molecular weight excluding hydrogens is 251 g/mol. The molecular formula is C18H25FO. The van der Waals surface area contributed by atoms with Crippen molar-refractivity contribution in [2.24, 2.45) is 0 Å². The second kappa shape index (κ2) is 12.1. The maximum Gasteiger partial charge on any atom is 0.163 e. The van der Waals surface area contributed by atoms with Gasteiger partial charge in [-0.25, -0.2) is 4.39 Å². The van der Waals surface area contributed by atoms with E-state index >= 15 is 0 Å². The van der Waals surface area contributed by atoms with Crippen molar-refractivity contribution in [3.8, 4) is 0 Å². The zero-order valence-corrected chi connectivity index (χ0v) is 12.8. The van der Waals surface area contributed by atoms with Gasteiger partial charge in [-0.3, -0.25) is 4.79 Å². The molecule has 0 N–H and O–H groups in total. The van der Waals surface area contributed by atoms with Gasteiger partial charge in [0, 0.05) is 12.0 Å². The van der Waals surface area contributed by atoms with Crippen LogP contribution in [0.15, 0.2) is 73.2 Å². The van der Waals surface area contributed by atoms with Crippen molar-refractivity contribution in [2.45, 2.75) is 33.6 Å². The van der Waals surface area contributed by atoms with Crippen molar-refractivity contribution in [1.29, 1.82) is 0 Å². The fraction of sp³-hybridized carbons (Fsp3) is 0.278. The number of carbonyl (C=O) groups excluding carboxylic acids is 1. The normalized spacial score (nSPS) is 10.5. The van der Waals surface area contributed by atoms with E-state index in [1.54, 1.807) is 6.08 Å². The number of carbonyl (C=O) groups is 1. The van der Waals surface area contributed by atoms with Crippen molar-refractivity contribution in [3.05, 3.63) is 73.2 Å². The lowest BCUT2D eigenvalue weighted by molar-refractivity contribution is -0.115. The topological polar surface area (TPSA) is 17.1 Å². The van der Waals surface area contributed by atoms with E-state index in [-0.39, 0.29) is 5.78 Å². The first-order valence-corrected chi connectivity index (χ1v) is 6.71. The van der Waals surface area contributed by atoms with E-state index in [9.17, 15) is 9.18 Å². The highest BCUT2D eigenvalue weighted by molar-refractivity contribution is 6.01. The number of Topliss-reactive ketones (excluding diaryl/α,β-unsaturated/α-hetero) is 1. The van der Waals surface area contributed by atoms with Crippen molar-refractivity contribution >= 4 is 5.78 Å². The molecule has 0 rings (SSSR count). The summed E-state index contributed by atoms with van der Waals surface area (Å²) in [5, 5.41) is 0. The van der Waals surface area contributed by atoms with Crippen LogP contribution in [0.25, 0.3) is 0 Å². The molecule has 0 bridgehead atoms. The fourth-order valence-corrected chi connectivity index (χ4v) is 1.31. The molecule has 0 heterocycles. The highest BCUT2D eigenvalue weighted by atomic mass is 19.1. The van der Waals surface area contributed by atoms with Gasteiger partial charge in [0.15, 0.2) is 5.78 Å². The van der Waals surface area contributed by atoms with E-state index in [2.05, 4.69) is 26.3 Å². The minimum Gasteiger partial charge on any atom is -0.294 e. The van der Waals surface area contributed by atoms with Gasteiger partial charge in [-0.05, 0) is 23.6 Å². The third-order valence-electron chi connectivity index (χ3n) is 2.24. The van der Waals surface area contributed by atoms with Crippen LogP contribution in [0.3, 0.4) is 0 Å². The van der Waals surface area contributed by atoms with Gasteiger partial charge in [0.2, 0.25) is 0 Å². The number of allylic oxidation sites excluding steroid dienone is 8. The third kappa shape index (κ3) is 8.20. The lowest BCUT2D eigenvalue weighted by atomic mass is 9.94. The molecule has 0 saturated heterocycles. The number of ketones is 1. The molecule has 0 aliphatic heterocycles. The van der Waals surface area contributed by atoms with Gasteiger partial charge in [0.25, 0.3) is 0 Å². The summed E-state index contributed by atoms with van der Waals surface area (Å²) < 4.78 is 12.5. The van der Waals surface area contributed by atoms with Gasteiger partial charge >= 0.3 is 0 Å². The predicted octanol–water partition coefficient (Wildman–Crippen LogP) is 5.65. The lowest BCUT2D eigenvalue weighted by Crippen LogP contribution is -2.05. The quantitative estimate of drug-likeness (QED) is 0.414. The second-order valence-electron chi connectivity index (χ2n) is 3.77. The maximum absolute atomic E-state index is 12.5. The molecule has 0 aromatic rings. The lowest BCUT2D eigenvalue weighted by Gasteiger charge is -2.09. The van der Waals surface area contributed by atoms with Gasteiger partial charge in [0.1, 0.15) is 5.83 Å². The summed E-state index contributed by atoms with van der Waals surface area (Å²) in [7, 11) is 0. The van der Waals surface area contributed by atoms with Crippen LogP contribution >= 0.6 is 0 Å². The summed E-state index contributed by atoms with van der Waals surface area (Å²) in [6.45, 7) is 20.2. The van der Waals surface area contributed by atoms with Gasteiger partial charge in [-0.1, -0.05) is 65.3 Å². The van der Waals surface area contributed by atoms with Crippen LogP contribution in [0.5, 0.6) is 0 Å². The Bertz CT molecular complexity index is 436. The van der Waals surface area contributed by atoms with Gasteiger partial charge in [-0.2, -0.15) is 0 Å². The van der Waals surface area contributed by atoms with Crippen LogP contribution in [0.1, 0.15) is 33.6 Å². The fourth-order valence-electron chi connectivity index (χ4n) is 1.31. The Morgan fingerprint density at radius 3 is 2.10 bits per heavy atom. The maximum atomic E-state index is 12.5. The molecule has 0 fully saturated rings. The Balaban J connectivity index is 0. The molecule has 0 aliphatic carbocycles. The van der Waals surface area contributed by atoms with Crippen molar-refractivity contribution in [1.82, 2.24) is 0 Å². The molecule has 0 aromatic heterocycles. The van der Waals surface area contributed by atoms with Crippen LogP contribution in [0.2, 0.25) is 0 Å². The molecule has 0 aliphatic rings. The minimum atomic E-state index is -0.571. The van der Waals surface area contributed by atoms with Crippen LogP contribution in [0.4, 0.5) is 4.39 Å². The molecule has 1 nitrogen and oxygen atoms in total. The molecule has 0 spiro atoms. The van der Waals surface area contributed by atoms with E-state index in [0.29, 0.717) is 23.1 Å².